The summed E-state index contributed by atoms with van der Waals surface area (Å²) in [6, 6.07) is 6.90. The van der Waals surface area contributed by atoms with Crippen molar-refractivity contribution in [3.05, 3.63) is 34.9 Å². The molecule has 0 N–H and O–H groups in total. The van der Waals surface area contributed by atoms with Crippen LogP contribution in [0.5, 0.6) is 0 Å². The van der Waals surface area contributed by atoms with Crippen molar-refractivity contribution < 1.29 is 9.53 Å². The van der Waals surface area contributed by atoms with Gasteiger partial charge in [-0.15, -0.1) is 0 Å². The Labute approximate surface area is 95.2 Å². The minimum Gasteiger partial charge on any atom is -0.462 e. The van der Waals surface area contributed by atoms with E-state index >= 15 is 0 Å². The second-order valence-electron chi connectivity index (χ2n) is 3.80. The highest BCUT2D eigenvalue weighted by atomic mass is 35.5. The maximum atomic E-state index is 11.5. The van der Waals surface area contributed by atoms with Gasteiger partial charge in [0.2, 0.25) is 0 Å². The van der Waals surface area contributed by atoms with Crippen molar-refractivity contribution in [3.8, 4) is 0 Å². The Balaban J connectivity index is 2.51. The first-order valence-corrected chi connectivity index (χ1v) is 5.40. The van der Waals surface area contributed by atoms with Crippen molar-refractivity contribution in [1.82, 2.24) is 0 Å². The zero-order valence-electron chi connectivity index (χ0n) is 9.00. The van der Waals surface area contributed by atoms with Crippen molar-refractivity contribution in [2.75, 3.05) is 6.61 Å². The van der Waals surface area contributed by atoms with Gasteiger partial charge in [-0.2, -0.15) is 0 Å². The van der Waals surface area contributed by atoms with Gasteiger partial charge in [-0.1, -0.05) is 37.6 Å². The molecular weight excluding hydrogens is 212 g/mol. The fourth-order valence-corrected chi connectivity index (χ4v) is 1.30. The van der Waals surface area contributed by atoms with E-state index in [0.29, 0.717) is 23.1 Å². The lowest BCUT2D eigenvalue weighted by atomic mass is 10.1. The molecule has 0 aliphatic carbocycles. The van der Waals surface area contributed by atoms with E-state index in [1.165, 1.54) is 0 Å². The Hall–Kier alpha value is -1.02. The highest BCUT2D eigenvalue weighted by Gasteiger charge is 2.10. The van der Waals surface area contributed by atoms with Gasteiger partial charge < -0.3 is 4.74 Å². The highest BCUT2D eigenvalue weighted by Crippen LogP contribution is 2.16. The van der Waals surface area contributed by atoms with Gasteiger partial charge in [-0.3, -0.25) is 0 Å². The number of rotatable bonds is 4. The van der Waals surface area contributed by atoms with Crippen molar-refractivity contribution in [1.29, 1.82) is 0 Å². The predicted octanol–water partition coefficient (Wildman–Crippen LogP) is 3.54. The summed E-state index contributed by atoms with van der Waals surface area (Å²) in [5.74, 6) is 0.185. The van der Waals surface area contributed by atoms with Gasteiger partial charge in [0, 0.05) is 0 Å². The van der Waals surface area contributed by atoms with Crippen LogP contribution in [0, 0.1) is 5.92 Å². The number of benzene rings is 1. The molecule has 0 saturated carbocycles. The van der Waals surface area contributed by atoms with Crippen molar-refractivity contribution >= 4 is 17.6 Å². The van der Waals surface area contributed by atoms with E-state index < -0.39 is 0 Å². The highest BCUT2D eigenvalue weighted by molar-refractivity contribution is 6.33. The van der Waals surface area contributed by atoms with E-state index in [1.54, 1.807) is 24.3 Å². The first-order chi connectivity index (χ1) is 7.11. The smallest absolute Gasteiger partial charge is 0.339 e. The lowest BCUT2D eigenvalue weighted by Gasteiger charge is -2.07. The first-order valence-electron chi connectivity index (χ1n) is 5.03. The van der Waals surface area contributed by atoms with E-state index in [9.17, 15) is 4.79 Å². The Bertz CT molecular complexity index is 334. The zero-order chi connectivity index (χ0) is 11.3. The van der Waals surface area contributed by atoms with Crippen molar-refractivity contribution in [3.63, 3.8) is 0 Å². The largest absolute Gasteiger partial charge is 0.462 e. The maximum absolute atomic E-state index is 11.5. The fraction of sp³-hybridized carbons (Fsp3) is 0.417. The van der Waals surface area contributed by atoms with Crippen LogP contribution in [0.3, 0.4) is 0 Å². The molecule has 0 heterocycles. The summed E-state index contributed by atoms with van der Waals surface area (Å²) < 4.78 is 5.10. The Kier molecular flexibility index (Phi) is 4.63. The first kappa shape index (κ1) is 12.1. The molecule has 0 fully saturated rings. The minimum absolute atomic E-state index is 0.346. The van der Waals surface area contributed by atoms with E-state index in [1.807, 2.05) is 0 Å². The normalized spacial score (nSPS) is 10.4. The van der Waals surface area contributed by atoms with Crippen LogP contribution < -0.4 is 0 Å². The predicted molar refractivity (Wildman–Crippen MR) is 61.2 cm³/mol. The molecule has 0 atom stereocenters. The number of hydrogen-bond donors (Lipinski definition) is 0. The molecule has 0 saturated heterocycles. The van der Waals surface area contributed by atoms with Crippen molar-refractivity contribution in [2.45, 2.75) is 20.3 Å². The van der Waals surface area contributed by atoms with Gasteiger partial charge in [-0.25, -0.2) is 4.79 Å². The molecular formula is C12H15ClO2. The van der Waals surface area contributed by atoms with E-state index in [0.717, 1.165) is 6.42 Å². The van der Waals surface area contributed by atoms with Gasteiger partial charge in [0.15, 0.2) is 0 Å². The molecule has 0 amide bonds. The van der Waals surface area contributed by atoms with Gasteiger partial charge in [0.1, 0.15) is 0 Å². The number of ether oxygens (including phenoxy) is 1. The number of halogens is 1. The van der Waals surface area contributed by atoms with Crippen LogP contribution in [-0.2, 0) is 4.74 Å². The Morgan fingerprint density at radius 2 is 2.07 bits per heavy atom. The molecule has 0 unspecified atom stereocenters. The number of hydrogen-bond acceptors (Lipinski definition) is 2. The molecule has 0 spiro atoms. The van der Waals surface area contributed by atoms with Gasteiger partial charge in [0.05, 0.1) is 17.2 Å². The van der Waals surface area contributed by atoms with E-state index in [4.69, 9.17) is 16.3 Å². The maximum Gasteiger partial charge on any atom is 0.339 e. The standard InChI is InChI=1S/C12H15ClO2/c1-9(2)7-8-15-12(14)10-5-3-4-6-11(10)13/h3-6,9H,7-8H2,1-2H3. The molecule has 0 radical (unpaired) electrons. The van der Waals surface area contributed by atoms with Gasteiger partial charge >= 0.3 is 5.97 Å². The summed E-state index contributed by atoms with van der Waals surface area (Å²) in [5, 5.41) is 0.437. The topological polar surface area (TPSA) is 26.3 Å². The Morgan fingerprint density at radius 1 is 1.40 bits per heavy atom. The SMILES string of the molecule is CC(C)CCOC(=O)c1ccccc1Cl. The molecule has 2 nitrogen and oxygen atoms in total. The minimum atomic E-state index is -0.346. The second-order valence-corrected chi connectivity index (χ2v) is 4.21. The van der Waals surface area contributed by atoms with Crippen LogP contribution in [0.1, 0.15) is 30.6 Å². The summed E-state index contributed by atoms with van der Waals surface area (Å²) in [7, 11) is 0. The van der Waals surface area contributed by atoms with Crippen molar-refractivity contribution in [2.24, 2.45) is 5.92 Å². The monoisotopic (exact) mass is 226 g/mol. The molecule has 1 aromatic carbocycles. The summed E-state index contributed by atoms with van der Waals surface area (Å²) in [6.45, 7) is 4.62. The van der Waals surface area contributed by atoms with Crippen LogP contribution >= 0.6 is 11.6 Å². The lowest BCUT2D eigenvalue weighted by Crippen LogP contribution is -2.08. The number of esters is 1. The molecule has 0 bridgehead atoms. The summed E-state index contributed by atoms with van der Waals surface area (Å²) in [6.07, 6.45) is 0.871. The average Bonchev–Trinajstić information content (AvgIpc) is 2.17. The van der Waals surface area contributed by atoms with Crippen LogP contribution in [0.4, 0.5) is 0 Å². The third kappa shape index (κ3) is 3.92. The zero-order valence-corrected chi connectivity index (χ0v) is 9.75. The quantitative estimate of drug-likeness (QED) is 0.734. The van der Waals surface area contributed by atoms with Crippen LogP contribution in [0.15, 0.2) is 24.3 Å². The number of carbonyl (C=O) groups excluding carboxylic acids is 1. The van der Waals surface area contributed by atoms with Crippen LogP contribution in [0.25, 0.3) is 0 Å². The third-order valence-electron chi connectivity index (χ3n) is 2.02. The van der Waals surface area contributed by atoms with Gasteiger partial charge in [0.25, 0.3) is 0 Å². The van der Waals surface area contributed by atoms with E-state index in [-0.39, 0.29) is 5.97 Å². The van der Waals surface area contributed by atoms with Crippen LogP contribution in [-0.4, -0.2) is 12.6 Å². The molecule has 82 valence electrons. The molecule has 1 rings (SSSR count). The molecule has 1 aromatic rings. The number of carbonyl (C=O) groups is 1. The second kappa shape index (κ2) is 5.76. The summed E-state index contributed by atoms with van der Waals surface area (Å²) in [4.78, 5) is 11.5. The Morgan fingerprint density at radius 3 is 2.67 bits per heavy atom. The summed E-state index contributed by atoms with van der Waals surface area (Å²) >= 11 is 5.86. The third-order valence-corrected chi connectivity index (χ3v) is 2.35. The molecule has 0 aliphatic rings. The average molecular weight is 227 g/mol. The summed E-state index contributed by atoms with van der Waals surface area (Å²) in [5.41, 5.74) is 0.433. The fourth-order valence-electron chi connectivity index (χ4n) is 1.09. The van der Waals surface area contributed by atoms with E-state index in [2.05, 4.69) is 13.8 Å². The molecule has 15 heavy (non-hydrogen) atoms. The molecule has 0 aromatic heterocycles. The molecule has 3 heteroatoms. The van der Waals surface area contributed by atoms with Gasteiger partial charge in [-0.05, 0) is 24.5 Å². The van der Waals surface area contributed by atoms with Crippen LogP contribution in [0.2, 0.25) is 5.02 Å². The lowest BCUT2D eigenvalue weighted by molar-refractivity contribution is 0.0488. The molecule has 0 aliphatic heterocycles.